The summed E-state index contributed by atoms with van der Waals surface area (Å²) in [5.74, 6) is 1.27. The number of aromatic nitrogens is 2. The average Bonchev–Trinajstić information content (AvgIpc) is 2.87. The molecule has 0 saturated carbocycles. The Balaban J connectivity index is 2.16. The summed E-state index contributed by atoms with van der Waals surface area (Å²) in [6.45, 7) is 5.88. The Kier molecular flexibility index (Phi) is 4.79. The summed E-state index contributed by atoms with van der Waals surface area (Å²) in [6.07, 6.45) is 2.10. The van der Waals surface area contributed by atoms with Gasteiger partial charge in [0.25, 0.3) is 0 Å². The van der Waals surface area contributed by atoms with E-state index >= 15 is 0 Å². The van der Waals surface area contributed by atoms with E-state index in [4.69, 9.17) is 9.15 Å². The average molecular weight is 291 g/mol. The standard InChI is InChI=1S/C14H17N3O2S/c1-9(2)18-12-7-5-11(6-8-12)13-16-17-14(19-13)15-10(3)20-4/h5-9H,1-4H3. The van der Waals surface area contributed by atoms with Crippen LogP contribution in [0, 0.1) is 0 Å². The zero-order chi connectivity index (χ0) is 14.5. The molecule has 0 bridgehead atoms. The Morgan fingerprint density at radius 3 is 2.55 bits per heavy atom. The molecule has 2 aromatic rings. The lowest BCUT2D eigenvalue weighted by atomic mass is 10.2. The van der Waals surface area contributed by atoms with Crippen molar-refractivity contribution in [3.63, 3.8) is 0 Å². The molecule has 1 aromatic carbocycles. The number of aliphatic imine (C=N–C) groups is 1. The van der Waals surface area contributed by atoms with Crippen LogP contribution < -0.4 is 4.74 Å². The van der Waals surface area contributed by atoms with E-state index in [-0.39, 0.29) is 12.1 Å². The maximum absolute atomic E-state index is 5.59. The summed E-state index contributed by atoms with van der Waals surface area (Å²) in [4.78, 5) is 4.20. The molecule has 1 heterocycles. The van der Waals surface area contributed by atoms with Crippen LogP contribution >= 0.6 is 11.8 Å². The fraction of sp³-hybridized carbons (Fsp3) is 0.357. The Bertz CT molecular complexity index is 591. The minimum atomic E-state index is 0.153. The summed E-state index contributed by atoms with van der Waals surface area (Å²) >= 11 is 1.54. The van der Waals surface area contributed by atoms with E-state index in [1.165, 1.54) is 11.8 Å². The van der Waals surface area contributed by atoms with Crippen LogP contribution in [0.25, 0.3) is 11.5 Å². The first-order chi connectivity index (χ1) is 9.58. The SMILES string of the molecule is CSC(C)=Nc1nnc(-c2ccc(OC(C)C)cc2)o1. The van der Waals surface area contributed by atoms with Crippen LogP contribution in [0.2, 0.25) is 0 Å². The lowest BCUT2D eigenvalue weighted by molar-refractivity contribution is 0.242. The second-order valence-electron chi connectivity index (χ2n) is 4.42. The van der Waals surface area contributed by atoms with Crippen LogP contribution in [0.4, 0.5) is 6.01 Å². The number of nitrogens with zero attached hydrogens (tertiary/aromatic N) is 3. The molecule has 0 atom stereocenters. The highest BCUT2D eigenvalue weighted by molar-refractivity contribution is 8.13. The molecule has 0 amide bonds. The van der Waals surface area contributed by atoms with Crippen molar-refractivity contribution in [1.82, 2.24) is 10.2 Å². The van der Waals surface area contributed by atoms with Crippen molar-refractivity contribution >= 4 is 22.8 Å². The highest BCUT2D eigenvalue weighted by Gasteiger charge is 2.08. The zero-order valence-electron chi connectivity index (χ0n) is 12.0. The van der Waals surface area contributed by atoms with Crippen molar-refractivity contribution in [2.45, 2.75) is 26.9 Å². The Morgan fingerprint density at radius 1 is 1.25 bits per heavy atom. The molecular formula is C14H17N3O2S. The highest BCUT2D eigenvalue weighted by atomic mass is 32.2. The molecule has 0 saturated heterocycles. The van der Waals surface area contributed by atoms with Crippen molar-refractivity contribution in [2.75, 3.05) is 6.26 Å². The summed E-state index contributed by atoms with van der Waals surface area (Å²) in [7, 11) is 0. The molecule has 0 radical (unpaired) electrons. The van der Waals surface area contributed by atoms with Crippen molar-refractivity contribution < 1.29 is 9.15 Å². The molecule has 0 spiro atoms. The lowest BCUT2D eigenvalue weighted by Crippen LogP contribution is -2.05. The second kappa shape index (κ2) is 6.56. The normalized spacial score (nSPS) is 11.9. The Hall–Kier alpha value is -1.82. The van der Waals surface area contributed by atoms with Gasteiger partial charge < -0.3 is 9.15 Å². The van der Waals surface area contributed by atoms with Crippen LogP contribution in [0.15, 0.2) is 33.7 Å². The van der Waals surface area contributed by atoms with E-state index in [1.54, 1.807) is 0 Å². The molecule has 0 unspecified atom stereocenters. The van der Waals surface area contributed by atoms with E-state index in [0.29, 0.717) is 5.89 Å². The van der Waals surface area contributed by atoms with Crippen molar-refractivity contribution in [3.05, 3.63) is 24.3 Å². The lowest BCUT2D eigenvalue weighted by Gasteiger charge is -2.09. The summed E-state index contributed by atoms with van der Waals surface area (Å²) in [5, 5.41) is 8.77. The van der Waals surface area contributed by atoms with E-state index in [1.807, 2.05) is 51.3 Å². The van der Waals surface area contributed by atoms with Crippen LogP contribution in [-0.4, -0.2) is 27.6 Å². The van der Waals surface area contributed by atoms with Gasteiger partial charge in [0.1, 0.15) is 5.75 Å². The first-order valence-electron chi connectivity index (χ1n) is 6.28. The molecule has 2 rings (SSSR count). The van der Waals surface area contributed by atoms with Crippen LogP contribution in [0.5, 0.6) is 5.75 Å². The van der Waals surface area contributed by atoms with Gasteiger partial charge >= 0.3 is 6.01 Å². The smallest absolute Gasteiger partial charge is 0.343 e. The predicted octanol–water partition coefficient (Wildman–Crippen LogP) is 3.94. The van der Waals surface area contributed by atoms with Gasteiger partial charge in [-0.25, -0.2) is 0 Å². The zero-order valence-corrected chi connectivity index (χ0v) is 12.8. The van der Waals surface area contributed by atoms with E-state index < -0.39 is 0 Å². The van der Waals surface area contributed by atoms with Gasteiger partial charge in [-0.1, -0.05) is 5.10 Å². The monoisotopic (exact) mass is 291 g/mol. The number of hydrogen-bond acceptors (Lipinski definition) is 6. The minimum absolute atomic E-state index is 0.153. The molecule has 0 aliphatic rings. The van der Waals surface area contributed by atoms with E-state index in [2.05, 4.69) is 15.2 Å². The van der Waals surface area contributed by atoms with Gasteiger partial charge in [0, 0.05) is 5.56 Å². The van der Waals surface area contributed by atoms with Gasteiger partial charge in [0.05, 0.1) is 11.1 Å². The van der Waals surface area contributed by atoms with Gasteiger partial charge in [-0.05, 0) is 51.3 Å². The maximum atomic E-state index is 5.59. The highest BCUT2D eigenvalue weighted by Crippen LogP contribution is 2.24. The third-order valence-corrected chi connectivity index (χ3v) is 3.12. The number of hydrogen-bond donors (Lipinski definition) is 0. The first kappa shape index (κ1) is 14.6. The number of ether oxygens (including phenoxy) is 1. The summed E-state index contributed by atoms with van der Waals surface area (Å²) < 4.78 is 11.1. The van der Waals surface area contributed by atoms with E-state index in [9.17, 15) is 0 Å². The molecule has 20 heavy (non-hydrogen) atoms. The van der Waals surface area contributed by atoms with Gasteiger partial charge in [0.15, 0.2) is 0 Å². The first-order valence-corrected chi connectivity index (χ1v) is 7.51. The largest absolute Gasteiger partial charge is 0.491 e. The van der Waals surface area contributed by atoms with Gasteiger partial charge in [0.2, 0.25) is 5.89 Å². The van der Waals surface area contributed by atoms with Crippen molar-refractivity contribution in [1.29, 1.82) is 0 Å². The van der Waals surface area contributed by atoms with Crippen LogP contribution in [-0.2, 0) is 0 Å². The summed E-state index contributed by atoms with van der Waals surface area (Å²) in [6, 6.07) is 7.82. The molecule has 1 aromatic heterocycles. The number of rotatable bonds is 4. The fourth-order valence-electron chi connectivity index (χ4n) is 1.51. The molecule has 6 heteroatoms. The number of thioether (sulfide) groups is 1. The topological polar surface area (TPSA) is 60.5 Å². The molecule has 0 aliphatic carbocycles. The maximum Gasteiger partial charge on any atom is 0.343 e. The van der Waals surface area contributed by atoms with Gasteiger partial charge in [-0.3, -0.25) is 0 Å². The van der Waals surface area contributed by atoms with E-state index in [0.717, 1.165) is 16.4 Å². The third kappa shape index (κ3) is 3.84. The Labute approximate surface area is 122 Å². The second-order valence-corrected chi connectivity index (χ2v) is 5.41. The minimum Gasteiger partial charge on any atom is -0.491 e. The predicted molar refractivity (Wildman–Crippen MR) is 81.8 cm³/mol. The molecule has 0 fully saturated rings. The van der Waals surface area contributed by atoms with Gasteiger partial charge in [-0.15, -0.1) is 16.9 Å². The van der Waals surface area contributed by atoms with Crippen molar-refractivity contribution in [3.8, 4) is 17.2 Å². The molecule has 0 N–H and O–H groups in total. The molecule has 106 valence electrons. The molecule has 0 aliphatic heterocycles. The quantitative estimate of drug-likeness (QED) is 0.631. The van der Waals surface area contributed by atoms with Gasteiger partial charge in [-0.2, -0.15) is 4.99 Å². The fourth-order valence-corrected chi connectivity index (χ4v) is 1.68. The van der Waals surface area contributed by atoms with Crippen molar-refractivity contribution in [2.24, 2.45) is 4.99 Å². The summed E-state index contributed by atoms with van der Waals surface area (Å²) in [5.41, 5.74) is 0.844. The van der Waals surface area contributed by atoms with Crippen LogP contribution in [0.3, 0.4) is 0 Å². The third-order valence-electron chi connectivity index (χ3n) is 2.44. The molecular weight excluding hydrogens is 274 g/mol. The molecule has 5 nitrogen and oxygen atoms in total. The Morgan fingerprint density at radius 2 is 1.95 bits per heavy atom. The number of benzene rings is 1. The van der Waals surface area contributed by atoms with Crippen LogP contribution in [0.1, 0.15) is 20.8 Å².